The first-order valence-electron chi connectivity index (χ1n) is 15.4. The summed E-state index contributed by atoms with van der Waals surface area (Å²) in [6, 6.07) is 1.67. The predicted octanol–water partition coefficient (Wildman–Crippen LogP) is 6.07. The molecule has 0 amide bonds. The first-order chi connectivity index (χ1) is 19.2. The molecule has 3 aliphatic carbocycles. The summed E-state index contributed by atoms with van der Waals surface area (Å²) >= 11 is 1.87. The van der Waals surface area contributed by atoms with Crippen molar-refractivity contribution in [3.8, 4) is 0 Å². The van der Waals surface area contributed by atoms with Crippen LogP contribution in [-0.4, -0.2) is 63.0 Å². The lowest BCUT2D eigenvalue weighted by atomic mass is 9.86. The van der Waals surface area contributed by atoms with E-state index in [-0.39, 0.29) is 0 Å². The van der Waals surface area contributed by atoms with E-state index in [2.05, 4.69) is 31.5 Å². The topological polar surface area (TPSA) is 80.1 Å². The Labute approximate surface area is 234 Å². The smallest absolute Gasteiger partial charge is 0.230 e. The second-order valence-electron chi connectivity index (χ2n) is 12.8. The quantitative estimate of drug-likeness (QED) is 0.388. The molecule has 0 aromatic carbocycles. The average molecular weight is 548 g/mol. The van der Waals surface area contributed by atoms with E-state index in [0.717, 1.165) is 60.3 Å². The second kappa shape index (κ2) is 10.00. The van der Waals surface area contributed by atoms with Gasteiger partial charge in [-0.25, -0.2) is 4.98 Å². The fourth-order valence-corrected chi connectivity index (χ4v) is 8.92. The average Bonchev–Trinajstić information content (AvgIpc) is 3.28. The summed E-state index contributed by atoms with van der Waals surface area (Å²) in [7, 11) is 0. The summed E-state index contributed by atoms with van der Waals surface area (Å²) in [4.78, 5) is 15.5. The minimum Gasteiger partial charge on any atom is -0.381 e. The molecule has 0 atom stereocenters. The van der Waals surface area contributed by atoms with Crippen molar-refractivity contribution in [1.29, 1.82) is 0 Å². The lowest BCUT2D eigenvalue weighted by Gasteiger charge is -2.41. The maximum absolute atomic E-state index is 5.53. The van der Waals surface area contributed by atoms with E-state index in [0.29, 0.717) is 18.0 Å². The van der Waals surface area contributed by atoms with Crippen molar-refractivity contribution in [1.82, 2.24) is 24.6 Å². The van der Waals surface area contributed by atoms with Crippen LogP contribution < -0.4 is 10.6 Å². The molecular formula is C30H41N7OS. The Morgan fingerprint density at radius 3 is 2.54 bits per heavy atom. The molecule has 39 heavy (non-hydrogen) atoms. The number of aryl methyl sites for hydroxylation is 2. The molecule has 8 nitrogen and oxygen atoms in total. The lowest BCUT2D eigenvalue weighted by Crippen LogP contribution is -2.45. The lowest BCUT2D eigenvalue weighted by molar-refractivity contribution is 0.0662. The van der Waals surface area contributed by atoms with Crippen molar-refractivity contribution in [2.75, 3.05) is 36.9 Å². The molecule has 0 radical (unpaired) electrons. The monoisotopic (exact) mass is 547 g/mol. The zero-order valence-electron chi connectivity index (χ0n) is 23.0. The third-order valence-electron chi connectivity index (χ3n) is 10.4. The Balaban J connectivity index is 0.986. The standard InChI is InChI=1S/C30H41N7OS/c1-2-24-25(3-1)39-28-26(24)27(32-20-4-6-22(7-5-20)36-14-12-30(10-11-30)13-15-36)34-29(35-28)33-21-18-31-37(19-21)23-8-16-38-17-9-23/h18-20,22-23H,1-17H2,(H2,32,33,34,35)/t20-,22-. The number of nitrogens with zero attached hydrogens (tertiary/aromatic N) is 5. The van der Waals surface area contributed by atoms with Gasteiger partial charge in [0.25, 0.3) is 0 Å². The van der Waals surface area contributed by atoms with Gasteiger partial charge in [0.15, 0.2) is 0 Å². The molecule has 3 aromatic heterocycles. The van der Waals surface area contributed by atoms with Crippen molar-refractivity contribution in [2.45, 2.75) is 102 Å². The normalized spacial score (nSPS) is 27.2. The van der Waals surface area contributed by atoms with Crippen LogP contribution in [0.5, 0.6) is 0 Å². The van der Waals surface area contributed by atoms with Gasteiger partial charge in [-0.15, -0.1) is 11.3 Å². The fourth-order valence-electron chi connectivity index (χ4n) is 7.66. The van der Waals surface area contributed by atoms with Crippen LogP contribution in [0.4, 0.5) is 17.5 Å². The molecule has 4 fully saturated rings. The van der Waals surface area contributed by atoms with Crippen molar-refractivity contribution in [2.24, 2.45) is 5.41 Å². The Bertz CT molecular complexity index is 1320. The Morgan fingerprint density at radius 2 is 1.74 bits per heavy atom. The summed E-state index contributed by atoms with van der Waals surface area (Å²) in [5.41, 5.74) is 3.21. The van der Waals surface area contributed by atoms with Gasteiger partial charge in [0.2, 0.25) is 5.95 Å². The molecule has 8 rings (SSSR count). The van der Waals surface area contributed by atoms with E-state index in [4.69, 9.17) is 14.7 Å². The van der Waals surface area contributed by atoms with Gasteiger partial charge >= 0.3 is 0 Å². The maximum Gasteiger partial charge on any atom is 0.230 e. The van der Waals surface area contributed by atoms with Crippen LogP contribution in [-0.2, 0) is 17.6 Å². The van der Waals surface area contributed by atoms with E-state index < -0.39 is 0 Å². The first kappa shape index (κ1) is 24.6. The van der Waals surface area contributed by atoms with Gasteiger partial charge in [0.05, 0.1) is 23.3 Å². The number of ether oxygens (including phenoxy) is 1. The molecule has 5 aliphatic rings. The third kappa shape index (κ3) is 4.84. The maximum atomic E-state index is 5.53. The van der Waals surface area contributed by atoms with Crippen LogP contribution in [0.1, 0.15) is 87.1 Å². The summed E-state index contributed by atoms with van der Waals surface area (Å²) in [5.74, 6) is 1.71. The van der Waals surface area contributed by atoms with Gasteiger partial charge in [0.1, 0.15) is 10.6 Å². The molecule has 5 heterocycles. The second-order valence-corrected chi connectivity index (χ2v) is 13.9. The molecule has 0 bridgehead atoms. The molecule has 1 spiro atoms. The molecule has 3 aromatic rings. The van der Waals surface area contributed by atoms with E-state index in [9.17, 15) is 0 Å². The highest BCUT2D eigenvalue weighted by Crippen LogP contribution is 2.54. The van der Waals surface area contributed by atoms with E-state index >= 15 is 0 Å². The molecule has 2 saturated heterocycles. The number of nitrogens with one attached hydrogen (secondary N) is 2. The highest BCUT2D eigenvalue weighted by Gasteiger charge is 2.45. The minimum atomic E-state index is 0.407. The zero-order chi connectivity index (χ0) is 25.8. The number of hydrogen-bond donors (Lipinski definition) is 2. The molecule has 9 heteroatoms. The van der Waals surface area contributed by atoms with E-state index in [1.165, 1.54) is 93.1 Å². The third-order valence-corrected chi connectivity index (χ3v) is 11.5. The van der Waals surface area contributed by atoms with Gasteiger partial charge in [-0.2, -0.15) is 10.1 Å². The van der Waals surface area contributed by atoms with E-state index in [1.54, 1.807) is 0 Å². The highest BCUT2D eigenvalue weighted by molar-refractivity contribution is 7.19. The largest absolute Gasteiger partial charge is 0.381 e. The predicted molar refractivity (Wildman–Crippen MR) is 156 cm³/mol. The molecule has 208 valence electrons. The fraction of sp³-hybridized carbons (Fsp3) is 0.700. The van der Waals surface area contributed by atoms with Crippen molar-refractivity contribution >= 4 is 39.0 Å². The molecular weight excluding hydrogens is 506 g/mol. The van der Waals surface area contributed by atoms with Gasteiger partial charge < -0.3 is 20.3 Å². The minimum absolute atomic E-state index is 0.407. The van der Waals surface area contributed by atoms with E-state index in [1.807, 2.05) is 17.5 Å². The summed E-state index contributed by atoms with van der Waals surface area (Å²) in [5, 5.41) is 13.3. The van der Waals surface area contributed by atoms with Gasteiger partial charge in [-0.05, 0) is 108 Å². The molecule has 2 saturated carbocycles. The summed E-state index contributed by atoms with van der Waals surface area (Å²) in [6.45, 7) is 4.28. The number of aromatic nitrogens is 4. The Kier molecular flexibility index (Phi) is 6.29. The molecule has 0 unspecified atom stereocenters. The van der Waals surface area contributed by atoms with Crippen LogP contribution in [0.3, 0.4) is 0 Å². The number of thiophene rings is 1. The number of piperidine rings is 1. The van der Waals surface area contributed by atoms with Crippen LogP contribution in [0.15, 0.2) is 12.4 Å². The van der Waals surface area contributed by atoms with Gasteiger partial charge in [-0.1, -0.05) is 0 Å². The zero-order valence-corrected chi connectivity index (χ0v) is 23.8. The number of likely N-dealkylation sites (tertiary alicyclic amines) is 1. The number of hydrogen-bond acceptors (Lipinski definition) is 8. The first-order valence-corrected chi connectivity index (χ1v) is 16.2. The van der Waals surface area contributed by atoms with Crippen LogP contribution in [0, 0.1) is 5.41 Å². The Hall–Kier alpha value is -2.23. The van der Waals surface area contributed by atoms with Crippen molar-refractivity contribution in [3.63, 3.8) is 0 Å². The van der Waals surface area contributed by atoms with Crippen LogP contribution in [0.2, 0.25) is 0 Å². The van der Waals surface area contributed by atoms with Crippen molar-refractivity contribution in [3.05, 3.63) is 22.8 Å². The number of anilines is 3. The molecule has 2 N–H and O–H groups in total. The van der Waals surface area contributed by atoms with Gasteiger partial charge in [-0.3, -0.25) is 4.68 Å². The summed E-state index contributed by atoms with van der Waals surface area (Å²) in [6.07, 6.45) is 20.5. The summed E-state index contributed by atoms with van der Waals surface area (Å²) < 4.78 is 7.60. The number of rotatable bonds is 6. The van der Waals surface area contributed by atoms with Gasteiger partial charge in [0, 0.05) is 36.4 Å². The van der Waals surface area contributed by atoms with Crippen LogP contribution in [0.25, 0.3) is 10.2 Å². The van der Waals surface area contributed by atoms with Crippen molar-refractivity contribution < 1.29 is 4.74 Å². The van der Waals surface area contributed by atoms with Crippen LogP contribution >= 0.6 is 11.3 Å². The number of fused-ring (bicyclic) bond motifs is 3. The SMILES string of the molecule is c1nn(C2CCOCC2)cc1Nc1nc(N[C@H]2CC[C@H](N3CCC4(CC3)CC4)CC2)c2c3c(sc2n1)CCC3. The Morgan fingerprint density at radius 1 is 0.923 bits per heavy atom. The highest BCUT2D eigenvalue weighted by atomic mass is 32.1. The molecule has 2 aliphatic heterocycles.